The van der Waals surface area contributed by atoms with Gasteiger partial charge in [0.05, 0.1) is 12.1 Å². The van der Waals surface area contributed by atoms with Crippen molar-refractivity contribution in [3.8, 4) is 0 Å². The van der Waals surface area contributed by atoms with Crippen molar-refractivity contribution < 1.29 is 9.53 Å². The van der Waals surface area contributed by atoms with Gasteiger partial charge < -0.3 is 15.0 Å². The first-order valence-electron chi connectivity index (χ1n) is 7.07. The molecule has 1 aromatic heterocycles. The highest BCUT2D eigenvalue weighted by Gasteiger charge is 2.26. The Labute approximate surface area is 118 Å². The molecule has 2 heterocycles. The number of fused-ring (bicyclic) bond motifs is 1. The van der Waals surface area contributed by atoms with Crippen molar-refractivity contribution in [3.05, 3.63) is 35.0 Å². The van der Waals surface area contributed by atoms with E-state index in [-0.39, 0.29) is 18.1 Å². The van der Waals surface area contributed by atoms with E-state index < -0.39 is 0 Å². The monoisotopic (exact) mass is 272 g/mol. The number of ether oxygens (including phenoxy) is 1. The third kappa shape index (κ3) is 2.20. The van der Waals surface area contributed by atoms with Crippen molar-refractivity contribution in [2.45, 2.75) is 39.3 Å². The fraction of sp³-hybridized carbons (Fsp3) is 0.438. The van der Waals surface area contributed by atoms with Crippen molar-refractivity contribution in [1.82, 2.24) is 10.3 Å². The van der Waals surface area contributed by atoms with Crippen LogP contribution in [0, 0.1) is 13.8 Å². The third-order valence-electron chi connectivity index (χ3n) is 4.26. The maximum Gasteiger partial charge on any atom is 0.251 e. The second kappa shape index (κ2) is 4.94. The zero-order valence-electron chi connectivity index (χ0n) is 12.1. The fourth-order valence-electron chi connectivity index (χ4n) is 2.78. The summed E-state index contributed by atoms with van der Waals surface area (Å²) in [6.07, 6.45) is 0.983. The zero-order valence-corrected chi connectivity index (χ0v) is 12.1. The SMILES string of the molecule is Cc1[nH]c2ccc(C(=O)NC3CCOC3C)cc2c1C. The van der Waals surface area contributed by atoms with Crippen LogP contribution in [0.3, 0.4) is 0 Å². The lowest BCUT2D eigenvalue weighted by atomic mass is 10.1. The van der Waals surface area contributed by atoms with Crippen LogP contribution >= 0.6 is 0 Å². The molecule has 2 N–H and O–H groups in total. The third-order valence-corrected chi connectivity index (χ3v) is 4.26. The molecule has 20 heavy (non-hydrogen) atoms. The largest absolute Gasteiger partial charge is 0.376 e. The lowest BCUT2D eigenvalue weighted by molar-refractivity contribution is 0.0866. The smallest absolute Gasteiger partial charge is 0.251 e. The maximum absolute atomic E-state index is 12.3. The summed E-state index contributed by atoms with van der Waals surface area (Å²) < 4.78 is 5.48. The first-order valence-corrected chi connectivity index (χ1v) is 7.07. The van der Waals surface area contributed by atoms with Gasteiger partial charge in [-0.1, -0.05) is 0 Å². The first-order chi connectivity index (χ1) is 9.56. The van der Waals surface area contributed by atoms with Crippen LogP contribution in [-0.2, 0) is 4.74 Å². The van der Waals surface area contributed by atoms with Crippen molar-refractivity contribution in [2.24, 2.45) is 0 Å². The van der Waals surface area contributed by atoms with Crippen LogP contribution in [0.2, 0.25) is 0 Å². The molecule has 1 amide bonds. The number of amides is 1. The van der Waals surface area contributed by atoms with Gasteiger partial charge in [-0.3, -0.25) is 4.79 Å². The molecule has 3 rings (SSSR count). The summed E-state index contributed by atoms with van der Waals surface area (Å²) in [5.41, 5.74) is 4.13. The molecule has 0 radical (unpaired) electrons. The van der Waals surface area contributed by atoms with Gasteiger partial charge in [0.25, 0.3) is 5.91 Å². The molecule has 0 bridgehead atoms. The Morgan fingerprint density at radius 2 is 2.20 bits per heavy atom. The number of carbonyl (C=O) groups is 1. The van der Waals surface area contributed by atoms with Crippen molar-refractivity contribution >= 4 is 16.8 Å². The molecular weight excluding hydrogens is 252 g/mol. The number of aryl methyl sites for hydroxylation is 2. The summed E-state index contributed by atoms with van der Waals surface area (Å²) in [6.45, 7) is 6.84. The van der Waals surface area contributed by atoms with E-state index in [1.807, 2.05) is 32.0 Å². The van der Waals surface area contributed by atoms with Crippen molar-refractivity contribution in [2.75, 3.05) is 6.61 Å². The molecule has 2 atom stereocenters. The topological polar surface area (TPSA) is 54.1 Å². The quantitative estimate of drug-likeness (QED) is 0.883. The summed E-state index contributed by atoms with van der Waals surface area (Å²) in [5.74, 6) is -0.0208. The number of H-pyrrole nitrogens is 1. The van der Waals surface area contributed by atoms with Crippen molar-refractivity contribution in [1.29, 1.82) is 0 Å². The summed E-state index contributed by atoms with van der Waals surface area (Å²) in [5, 5.41) is 4.18. The molecular formula is C16H20N2O2. The maximum atomic E-state index is 12.3. The Bertz CT molecular complexity index is 660. The molecule has 1 saturated heterocycles. The molecule has 0 saturated carbocycles. The minimum atomic E-state index is -0.0208. The Hall–Kier alpha value is -1.81. The Kier molecular flexibility index (Phi) is 3.26. The van der Waals surface area contributed by atoms with Crippen molar-refractivity contribution in [3.63, 3.8) is 0 Å². The molecule has 1 aliphatic heterocycles. The van der Waals surface area contributed by atoms with Crippen LogP contribution in [0.15, 0.2) is 18.2 Å². The summed E-state index contributed by atoms with van der Waals surface area (Å²) >= 11 is 0. The van der Waals surface area contributed by atoms with Gasteiger partial charge in [-0.15, -0.1) is 0 Å². The van der Waals surface area contributed by atoms with Crippen LogP contribution < -0.4 is 5.32 Å². The van der Waals surface area contributed by atoms with Crippen LogP contribution in [0.4, 0.5) is 0 Å². The van der Waals surface area contributed by atoms with Gasteiger partial charge in [0.1, 0.15) is 0 Å². The molecule has 4 heteroatoms. The molecule has 2 aromatic rings. The predicted octanol–water partition coefficient (Wildman–Crippen LogP) is 2.69. The molecule has 4 nitrogen and oxygen atoms in total. The average Bonchev–Trinajstić information content (AvgIpc) is 2.95. The number of hydrogen-bond donors (Lipinski definition) is 2. The van der Waals surface area contributed by atoms with E-state index in [1.54, 1.807) is 0 Å². The lowest BCUT2D eigenvalue weighted by Gasteiger charge is -2.16. The number of hydrogen-bond acceptors (Lipinski definition) is 2. The van der Waals surface area contributed by atoms with E-state index >= 15 is 0 Å². The molecule has 0 spiro atoms. The lowest BCUT2D eigenvalue weighted by Crippen LogP contribution is -2.39. The van der Waals surface area contributed by atoms with Gasteiger partial charge >= 0.3 is 0 Å². The fourth-order valence-corrected chi connectivity index (χ4v) is 2.78. The van der Waals surface area contributed by atoms with E-state index in [9.17, 15) is 4.79 Å². The minimum absolute atomic E-state index is 0.0208. The standard InChI is InChI=1S/C16H20N2O2/c1-9-10(2)17-15-5-4-12(8-13(9)15)16(19)18-14-6-7-20-11(14)3/h4-5,8,11,14,17H,6-7H2,1-3H3,(H,18,19). The van der Waals surface area contributed by atoms with Crippen LogP contribution in [0.5, 0.6) is 0 Å². The number of rotatable bonds is 2. The average molecular weight is 272 g/mol. The Balaban J connectivity index is 1.86. The highest BCUT2D eigenvalue weighted by atomic mass is 16.5. The molecule has 0 aliphatic carbocycles. The van der Waals surface area contributed by atoms with Gasteiger partial charge in [0.2, 0.25) is 0 Å². The molecule has 2 unspecified atom stereocenters. The predicted molar refractivity (Wildman–Crippen MR) is 79.1 cm³/mol. The zero-order chi connectivity index (χ0) is 14.3. The summed E-state index contributed by atoms with van der Waals surface area (Å²) in [6, 6.07) is 5.92. The second-order valence-corrected chi connectivity index (χ2v) is 5.58. The van der Waals surface area contributed by atoms with E-state index in [2.05, 4.69) is 17.2 Å². The molecule has 1 aliphatic rings. The molecule has 1 fully saturated rings. The van der Waals surface area contributed by atoms with E-state index in [4.69, 9.17) is 4.74 Å². The van der Waals surface area contributed by atoms with E-state index in [0.717, 1.165) is 29.6 Å². The number of aromatic amines is 1. The summed E-state index contributed by atoms with van der Waals surface area (Å²) in [7, 11) is 0. The Morgan fingerprint density at radius 3 is 2.90 bits per heavy atom. The molecule has 106 valence electrons. The van der Waals surface area contributed by atoms with Crippen LogP contribution in [0.25, 0.3) is 10.9 Å². The Morgan fingerprint density at radius 1 is 1.40 bits per heavy atom. The van der Waals surface area contributed by atoms with Gasteiger partial charge in [-0.25, -0.2) is 0 Å². The number of aromatic nitrogens is 1. The second-order valence-electron chi connectivity index (χ2n) is 5.58. The number of carbonyl (C=O) groups excluding carboxylic acids is 1. The van der Waals surface area contributed by atoms with E-state index in [1.165, 1.54) is 5.56 Å². The highest BCUT2D eigenvalue weighted by Crippen LogP contribution is 2.22. The van der Waals surface area contributed by atoms with Crippen LogP contribution in [0.1, 0.15) is 35.0 Å². The van der Waals surface area contributed by atoms with E-state index in [0.29, 0.717) is 5.56 Å². The highest BCUT2D eigenvalue weighted by molar-refractivity contribution is 5.99. The first kappa shape index (κ1) is 13.2. The molecule has 1 aromatic carbocycles. The number of nitrogens with one attached hydrogen (secondary N) is 2. The van der Waals surface area contributed by atoms with Gasteiger partial charge in [-0.2, -0.15) is 0 Å². The normalized spacial score (nSPS) is 22.4. The van der Waals surface area contributed by atoms with Gasteiger partial charge in [0.15, 0.2) is 0 Å². The van der Waals surface area contributed by atoms with Crippen LogP contribution in [-0.4, -0.2) is 29.6 Å². The summed E-state index contributed by atoms with van der Waals surface area (Å²) in [4.78, 5) is 15.7. The van der Waals surface area contributed by atoms with Gasteiger partial charge in [0, 0.05) is 28.8 Å². The number of benzene rings is 1. The van der Waals surface area contributed by atoms with Gasteiger partial charge in [-0.05, 0) is 51.0 Å². The minimum Gasteiger partial charge on any atom is -0.376 e.